The molecule has 7 aromatic carbocycles. The highest BCUT2D eigenvalue weighted by molar-refractivity contribution is 6.21. The number of pyridine rings is 2. The molecular weight excluding hydrogens is 621 g/mol. The molecule has 3 heterocycles. The Morgan fingerprint density at radius 2 is 0.961 bits per heavy atom. The van der Waals surface area contributed by atoms with Crippen LogP contribution in [0.2, 0.25) is 0 Å². The summed E-state index contributed by atoms with van der Waals surface area (Å²) in [5, 5.41) is 4.49. The zero-order valence-corrected chi connectivity index (χ0v) is 27.6. The van der Waals surface area contributed by atoms with Crippen LogP contribution in [0.3, 0.4) is 0 Å². The Bertz CT molecular complexity index is 2880. The quantitative estimate of drug-likeness (QED) is 0.174. The molecule has 4 heteroatoms. The van der Waals surface area contributed by atoms with E-state index in [-0.39, 0.29) is 0 Å². The van der Waals surface area contributed by atoms with Crippen LogP contribution in [-0.4, -0.2) is 19.5 Å². The molecule has 0 aliphatic carbocycles. The average molecular weight is 651 g/mol. The Hall–Kier alpha value is -6.91. The number of rotatable bonds is 5. The van der Waals surface area contributed by atoms with Crippen LogP contribution in [0.15, 0.2) is 182 Å². The van der Waals surface area contributed by atoms with E-state index in [1.807, 2.05) is 24.3 Å². The summed E-state index contributed by atoms with van der Waals surface area (Å²) in [6.07, 6.45) is 0. The van der Waals surface area contributed by atoms with Crippen molar-refractivity contribution in [3.63, 3.8) is 0 Å². The summed E-state index contributed by atoms with van der Waals surface area (Å²) in [6, 6.07) is 63.7. The van der Waals surface area contributed by atoms with Gasteiger partial charge in [0, 0.05) is 38.5 Å². The molecule has 0 amide bonds. The third-order valence-corrected chi connectivity index (χ3v) is 9.80. The highest BCUT2D eigenvalue weighted by atomic mass is 15.1. The number of para-hydroxylation sites is 2. The van der Waals surface area contributed by atoms with Gasteiger partial charge in [0.25, 0.3) is 0 Å². The van der Waals surface area contributed by atoms with Gasteiger partial charge in [0.2, 0.25) is 0 Å². The maximum atomic E-state index is 5.32. The normalized spacial score (nSPS) is 11.5. The zero-order chi connectivity index (χ0) is 33.7. The van der Waals surface area contributed by atoms with Crippen molar-refractivity contribution in [2.45, 2.75) is 0 Å². The fraction of sp³-hybridized carbons (Fsp3) is 0. The van der Waals surface area contributed by atoms with Crippen LogP contribution in [0.4, 0.5) is 0 Å². The van der Waals surface area contributed by atoms with Gasteiger partial charge in [0.15, 0.2) is 0 Å². The number of fused-ring (bicyclic) bond motifs is 6. The summed E-state index contributed by atoms with van der Waals surface area (Å²) in [4.78, 5) is 15.5. The second kappa shape index (κ2) is 11.9. The fourth-order valence-electron chi connectivity index (χ4n) is 7.33. The minimum Gasteiger partial charge on any atom is -0.292 e. The molecule has 0 aliphatic rings. The molecule has 0 saturated heterocycles. The van der Waals surface area contributed by atoms with Crippen molar-refractivity contribution >= 4 is 43.6 Å². The van der Waals surface area contributed by atoms with Gasteiger partial charge in [-0.05, 0) is 71.1 Å². The zero-order valence-electron chi connectivity index (χ0n) is 27.6. The van der Waals surface area contributed by atoms with Crippen molar-refractivity contribution < 1.29 is 0 Å². The Morgan fingerprint density at radius 3 is 1.73 bits per heavy atom. The first-order chi connectivity index (χ1) is 25.3. The van der Waals surface area contributed by atoms with E-state index in [0.717, 1.165) is 94.3 Å². The molecule has 3 aromatic heterocycles. The molecule has 10 aromatic rings. The van der Waals surface area contributed by atoms with E-state index in [1.54, 1.807) is 0 Å². The Morgan fingerprint density at radius 1 is 0.353 bits per heavy atom. The topological polar surface area (TPSA) is 43.6 Å². The van der Waals surface area contributed by atoms with Crippen LogP contribution in [0, 0.1) is 0 Å². The van der Waals surface area contributed by atoms with Crippen molar-refractivity contribution in [2.24, 2.45) is 0 Å². The summed E-state index contributed by atoms with van der Waals surface area (Å²) in [5.41, 5.74) is 12.5. The van der Waals surface area contributed by atoms with E-state index in [2.05, 4.69) is 162 Å². The predicted molar refractivity (Wildman–Crippen MR) is 211 cm³/mol. The Labute approximate surface area is 295 Å². The van der Waals surface area contributed by atoms with E-state index in [9.17, 15) is 0 Å². The monoisotopic (exact) mass is 650 g/mol. The predicted octanol–water partition coefficient (Wildman–Crippen LogP) is 11.9. The Balaban J connectivity index is 1.12. The molecule has 0 bridgehead atoms. The molecule has 0 saturated carbocycles. The molecule has 238 valence electrons. The van der Waals surface area contributed by atoms with Crippen molar-refractivity contribution in [2.75, 3.05) is 0 Å². The maximum absolute atomic E-state index is 5.32. The summed E-state index contributed by atoms with van der Waals surface area (Å²) in [6.45, 7) is 0. The van der Waals surface area contributed by atoms with Gasteiger partial charge in [-0.1, -0.05) is 127 Å². The third-order valence-electron chi connectivity index (χ3n) is 9.80. The van der Waals surface area contributed by atoms with Crippen LogP contribution < -0.4 is 0 Å². The molecule has 0 aliphatic heterocycles. The number of hydrogen-bond donors (Lipinski definition) is 0. The molecule has 0 radical (unpaired) electrons. The van der Waals surface area contributed by atoms with Crippen LogP contribution >= 0.6 is 0 Å². The van der Waals surface area contributed by atoms with Crippen LogP contribution in [0.1, 0.15) is 0 Å². The van der Waals surface area contributed by atoms with Gasteiger partial charge in [0.05, 0.1) is 33.5 Å². The molecule has 0 N–H and O–H groups in total. The van der Waals surface area contributed by atoms with Crippen molar-refractivity contribution in [1.82, 2.24) is 19.5 Å². The van der Waals surface area contributed by atoms with Crippen LogP contribution in [-0.2, 0) is 0 Å². The summed E-state index contributed by atoms with van der Waals surface area (Å²) < 4.78 is 2.25. The minimum atomic E-state index is 0.930. The first-order valence-electron chi connectivity index (χ1n) is 17.2. The van der Waals surface area contributed by atoms with Gasteiger partial charge in [-0.25, -0.2) is 15.0 Å². The maximum Gasteiger partial charge on any atom is 0.145 e. The van der Waals surface area contributed by atoms with Gasteiger partial charge < -0.3 is 0 Å². The lowest BCUT2D eigenvalue weighted by atomic mass is 9.94. The number of hydrogen-bond acceptors (Lipinski definition) is 3. The molecule has 4 nitrogen and oxygen atoms in total. The average Bonchev–Trinajstić information content (AvgIpc) is 3.61. The number of imidazole rings is 1. The van der Waals surface area contributed by atoms with E-state index in [4.69, 9.17) is 15.0 Å². The number of aromatic nitrogens is 4. The SMILES string of the molecule is c1ccc(-c2ccc3c(ccc4c5cc(-c6ccc(-n7c(-c8ccccc8)nc8ccccc87)cc6)ccc5nc(-c5ccccc5)c34)n2)cc1. The molecule has 0 atom stereocenters. The van der Waals surface area contributed by atoms with Gasteiger partial charge >= 0.3 is 0 Å². The summed E-state index contributed by atoms with van der Waals surface area (Å²) >= 11 is 0. The second-order valence-corrected chi connectivity index (χ2v) is 12.8. The lowest BCUT2D eigenvalue weighted by Crippen LogP contribution is -1.97. The Kier molecular flexibility index (Phi) is 6.78. The summed E-state index contributed by atoms with van der Waals surface area (Å²) in [5.74, 6) is 0.930. The molecular formula is C47H30N4. The first kappa shape index (κ1) is 29.0. The smallest absolute Gasteiger partial charge is 0.145 e. The van der Waals surface area contributed by atoms with E-state index >= 15 is 0 Å². The van der Waals surface area contributed by atoms with Gasteiger partial charge in [0.1, 0.15) is 5.82 Å². The highest BCUT2D eigenvalue weighted by Gasteiger charge is 2.17. The second-order valence-electron chi connectivity index (χ2n) is 12.8. The lowest BCUT2D eigenvalue weighted by Gasteiger charge is -2.15. The molecule has 51 heavy (non-hydrogen) atoms. The van der Waals surface area contributed by atoms with E-state index < -0.39 is 0 Å². The molecule has 10 rings (SSSR count). The molecule has 0 spiro atoms. The third kappa shape index (κ3) is 4.96. The lowest BCUT2D eigenvalue weighted by molar-refractivity contribution is 1.10. The number of nitrogens with zero attached hydrogens (tertiary/aromatic N) is 4. The van der Waals surface area contributed by atoms with E-state index in [0.29, 0.717) is 0 Å². The largest absolute Gasteiger partial charge is 0.292 e. The fourth-order valence-corrected chi connectivity index (χ4v) is 7.33. The first-order valence-corrected chi connectivity index (χ1v) is 17.2. The van der Waals surface area contributed by atoms with Crippen LogP contribution in [0.5, 0.6) is 0 Å². The van der Waals surface area contributed by atoms with Crippen molar-refractivity contribution in [3.8, 4) is 50.7 Å². The van der Waals surface area contributed by atoms with Gasteiger partial charge in [-0.15, -0.1) is 0 Å². The van der Waals surface area contributed by atoms with Crippen molar-refractivity contribution in [1.29, 1.82) is 0 Å². The minimum absolute atomic E-state index is 0.930. The van der Waals surface area contributed by atoms with Crippen LogP contribution in [0.25, 0.3) is 94.3 Å². The standard InChI is InChI=1S/C47H30N4/c1-4-12-32(13-5-1)40-28-26-38-41(48-40)29-25-37-39-30-35(22-27-42(39)49-46(45(37)38)33-14-6-2-7-15-33)31-20-23-36(24-21-31)51-44-19-11-10-18-43(44)50-47(51)34-16-8-3-9-17-34/h1-30H. The van der Waals surface area contributed by atoms with Gasteiger partial charge in [-0.2, -0.15) is 0 Å². The molecule has 0 fully saturated rings. The van der Waals surface area contributed by atoms with Crippen molar-refractivity contribution in [3.05, 3.63) is 182 Å². The highest BCUT2D eigenvalue weighted by Crippen LogP contribution is 2.39. The summed E-state index contributed by atoms with van der Waals surface area (Å²) in [7, 11) is 0. The number of benzene rings is 7. The van der Waals surface area contributed by atoms with Gasteiger partial charge in [-0.3, -0.25) is 4.57 Å². The molecule has 0 unspecified atom stereocenters. The van der Waals surface area contributed by atoms with E-state index in [1.165, 1.54) is 0 Å².